The maximum absolute atomic E-state index is 11.5. The number of carbonyl (C=O) groups is 2. The molecule has 0 aliphatic carbocycles. The Hall–Kier alpha value is -1.89. The monoisotopic (exact) mass is 229 g/mol. The van der Waals surface area contributed by atoms with Gasteiger partial charge in [0.05, 0.1) is 19.2 Å². The molecule has 0 fully saturated rings. The molecule has 1 aromatic rings. The molecular weight excluding hydrogens is 218 g/mol. The fourth-order valence-electron chi connectivity index (χ4n) is 1.13. The number of aromatic nitrogens is 1. The van der Waals surface area contributed by atoms with Gasteiger partial charge in [-0.25, -0.2) is 9.78 Å². The summed E-state index contributed by atoms with van der Waals surface area (Å²) in [6, 6.07) is 0. The van der Waals surface area contributed by atoms with E-state index in [-0.39, 0.29) is 6.61 Å². The molecule has 2 N–H and O–H groups in total. The average molecular weight is 229 g/mol. The predicted octanol–water partition coefficient (Wildman–Crippen LogP) is -0.100. The third-order valence-corrected chi connectivity index (χ3v) is 1.81. The van der Waals surface area contributed by atoms with Gasteiger partial charge in [-0.05, 0) is 6.92 Å². The van der Waals surface area contributed by atoms with Crippen LogP contribution in [0.15, 0.2) is 16.9 Å². The van der Waals surface area contributed by atoms with Gasteiger partial charge in [-0.3, -0.25) is 4.79 Å². The zero-order valence-electron chi connectivity index (χ0n) is 8.54. The average Bonchev–Trinajstić information content (AvgIpc) is 2.69. The Bertz CT molecular complexity index is 373. The van der Waals surface area contributed by atoms with Gasteiger partial charge in [-0.2, -0.15) is 0 Å². The van der Waals surface area contributed by atoms with Crippen LogP contribution in [-0.4, -0.2) is 33.7 Å². The van der Waals surface area contributed by atoms with Crippen LogP contribution in [0.3, 0.4) is 0 Å². The van der Waals surface area contributed by atoms with Crippen LogP contribution >= 0.6 is 0 Å². The molecule has 0 aromatic carbocycles. The maximum atomic E-state index is 11.5. The van der Waals surface area contributed by atoms with E-state index in [1.807, 2.05) is 0 Å². The van der Waals surface area contributed by atoms with Gasteiger partial charge in [0.2, 0.25) is 11.5 Å². The first-order valence-corrected chi connectivity index (χ1v) is 4.52. The number of oxazole rings is 1. The van der Waals surface area contributed by atoms with Gasteiger partial charge in [0.15, 0.2) is 0 Å². The van der Waals surface area contributed by atoms with E-state index in [1.54, 1.807) is 0 Å². The summed E-state index contributed by atoms with van der Waals surface area (Å²) in [5, 5.41) is 18.6. The van der Waals surface area contributed by atoms with Crippen LogP contribution in [0.1, 0.15) is 19.2 Å². The highest BCUT2D eigenvalue weighted by molar-refractivity contribution is 5.85. The van der Waals surface area contributed by atoms with E-state index in [9.17, 15) is 14.7 Å². The second kappa shape index (κ2) is 4.75. The van der Waals surface area contributed by atoms with Gasteiger partial charge in [0.1, 0.15) is 6.26 Å². The molecule has 0 radical (unpaired) electrons. The number of esters is 1. The third kappa shape index (κ3) is 2.37. The lowest BCUT2D eigenvalue weighted by Crippen LogP contribution is -2.39. The van der Waals surface area contributed by atoms with Crippen molar-refractivity contribution in [2.24, 2.45) is 0 Å². The molecule has 0 aliphatic rings. The summed E-state index contributed by atoms with van der Waals surface area (Å²) in [6.07, 6.45) is 1.45. The number of aliphatic hydroxyl groups is 1. The Morgan fingerprint density at radius 1 is 1.62 bits per heavy atom. The molecule has 88 valence electrons. The SMILES string of the molecule is CCOC(=O)C(O)(CC(=O)O)c1ncco1. The number of ether oxygens (including phenoxy) is 1. The number of rotatable bonds is 5. The van der Waals surface area contributed by atoms with Crippen LogP contribution < -0.4 is 0 Å². The summed E-state index contributed by atoms with van der Waals surface area (Å²) in [4.78, 5) is 25.6. The van der Waals surface area contributed by atoms with Crippen molar-refractivity contribution in [2.75, 3.05) is 6.61 Å². The number of carboxylic acid groups (broad SMARTS) is 1. The lowest BCUT2D eigenvalue weighted by atomic mass is 10.00. The lowest BCUT2D eigenvalue weighted by Gasteiger charge is -2.20. The van der Waals surface area contributed by atoms with Gasteiger partial charge in [-0.15, -0.1) is 0 Å². The molecule has 1 aromatic heterocycles. The van der Waals surface area contributed by atoms with Crippen LogP contribution in [0, 0.1) is 0 Å². The van der Waals surface area contributed by atoms with Crippen LogP contribution in [0.2, 0.25) is 0 Å². The molecule has 0 saturated carbocycles. The number of carbonyl (C=O) groups excluding carboxylic acids is 1. The fourth-order valence-corrected chi connectivity index (χ4v) is 1.13. The minimum Gasteiger partial charge on any atom is -0.481 e. The Morgan fingerprint density at radius 2 is 2.31 bits per heavy atom. The van der Waals surface area contributed by atoms with E-state index in [4.69, 9.17) is 9.52 Å². The van der Waals surface area contributed by atoms with E-state index in [1.165, 1.54) is 13.1 Å². The second-order valence-corrected chi connectivity index (χ2v) is 2.99. The Morgan fingerprint density at radius 3 is 2.75 bits per heavy atom. The van der Waals surface area contributed by atoms with E-state index < -0.39 is 29.9 Å². The first kappa shape index (κ1) is 12.2. The van der Waals surface area contributed by atoms with E-state index in [2.05, 4.69) is 9.72 Å². The predicted molar refractivity (Wildman–Crippen MR) is 49.3 cm³/mol. The minimum absolute atomic E-state index is 0.0153. The summed E-state index contributed by atoms with van der Waals surface area (Å²) >= 11 is 0. The summed E-state index contributed by atoms with van der Waals surface area (Å²) < 4.78 is 9.32. The molecule has 1 unspecified atom stereocenters. The molecule has 1 atom stereocenters. The smallest absolute Gasteiger partial charge is 0.348 e. The largest absolute Gasteiger partial charge is 0.481 e. The van der Waals surface area contributed by atoms with Gasteiger partial charge < -0.3 is 19.4 Å². The highest BCUT2D eigenvalue weighted by atomic mass is 16.6. The quantitative estimate of drug-likeness (QED) is 0.678. The van der Waals surface area contributed by atoms with E-state index >= 15 is 0 Å². The van der Waals surface area contributed by atoms with Gasteiger partial charge in [-0.1, -0.05) is 0 Å². The van der Waals surface area contributed by atoms with E-state index in [0.717, 1.165) is 6.26 Å². The molecule has 0 saturated heterocycles. The van der Waals surface area contributed by atoms with Crippen LogP contribution in [0.4, 0.5) is 0 Å². The molecule has 7 nitrogen and oxygen atoms in total. The second-order valence-electron chi connectivity index (χ2n) is 2.99. The maximum Gasteiger partial charge on any atom is 0.348 e. The van der Waals surface area contributed by atoms with Crippen molar-refractivity contribution in [3.8, 4) is 0 Å². The van der Waals surface area contributed by atoms with Crippen molar-refractivity contribution >= 4 is 11.9 Å². The Balaban J connectivity index is 3.02. The molecular formula is C9H11NO6. The lowest BCUT2D eigenvalue weighted by molar-refractivity contribution is -0.174. The van der Waals surface area contributed by atoms with Crippen molar-refractivity contribution in [1.29, 1.82) is 0 Å². The first-order chi connectivity index (χ1) is 7.50. The molecule has 1 rings (SSSR count). The van der Waals surface area contributed by atoms with Crippen molar-refractivity contribution in [3.05, 3.63) is 18.4 Å². The molecule has 0 amide bonds. The van der Waals surface area contributed by atoms with Crippen molar-refractivity contribution in [3.63, 3.8) is 0 Å². The zero-order valence-corrected chi connectivity index (χ0v) is 8.54. The minimum atomic E-state index is -2.38. The normalized spacial score (nSPS) is 14.1. The van der Waals surface area contributed by atoms with Gasteiger partial charge >= 0.3 is 11.9 Å². The number of hydrogen-bond donors (Lipinski definition) is 2. The number of hydrogen-bond acceptors (Lipinski definition) is 6. The summed E-state index contributed by atoms with van der Waals surface area (Å²) in [5.74, 6) is -2.86. The molecule has 1 heterocycles. The molecule has 7 heteroatoms. The number of carboxylic acids is 1. The van der Waals surface area contributed by atoms with Crippen molar-refractivity contribution in [2.45, 2.75) is 18.9 Å². The highest BCUT2D eigenvalue weighted by Gasteiger charge is 2.46. The van der Waals surface area contributed by atoms with Gasteiger partial charge in [0.25, 0.3) is 0 Å². The first-order valence-electron chi connectivity index (χ1n) is 4.52. The molecule has 16 heavy (non-hydrogen) atoms. The number of aliphatic carboxylic acids is 1. The standard InChI is InChI=1S/C9H11NO6/c1-2-15-8(13)9(14,5-6(11)12)7-10-3-4-16-7/h3-4,14H,2,5H2,1H3,(H,11,12). The van der Waals surface area contributed by atoms with Crippen molar-refractivity contribution < 1.29 is 29.0 Å². The highest BCUT2D eigenvalue weighted by Crippen LogP contribution is 2.25. The molecule has 0 bridgehead atoms. The summed E-state index contributed by atoms with van der Waals surface area (Å²) in [7, 11) is 0. The Labute approximate surface area is 90.7 Å². The van der Waals surface area contributed by atoms with Crippen LogP contribution in [-0.2, 0) is 19.9 Å². The number of nitrogens with zero attached hydrogens (tertiary/aromatic N) is 1. The fraction of sp³-hybridized carbons (Fsp3) is 0.444. The topological polar surface area (TPSA) is 110 Å². The summed E-state index contributed by atoms with van der Waals surface area (Å²) in [6.45, 7) is 1.55. The zero-order chi connectivity index (χ0) is 12.2. The third-order valence-electron chi connectivity index (χ3n) is 1.81. The molecule has 0 spiro atoms. The van der Waals surface area contributed by atoms with Crippen LogP contribution in [0.25, 0.3) is 0 Å². The van der Waals surface area contributed by atoms with Crippen LogP contribution in [0.5, 0.6) is 0 Å². The van der Waals surface area contributed by atoms with Crippen molar-refractivity contribution in [1.82, 2.24) is 4.98 Å². The van der Waals surface area contributed by atoms with E-state index in [0.29, 0.717) is 0 Å². The van der Waals surface area contributed by atoms with Gasteiger partial charge in [0, 0.05) is 0 Å². The molecule has 0 aliphatic heterocycles. The Kier molecular flexibility index (Phi) is 3.62. The summed E-state index contributed by atoms with van der Waals surface area (Å²) in [5.41, 5.74) is -2.38.